The Labute approximate surface area is 123 Å². The van der Waals surface area contributed by atoms with Gasteiger partial charge in [-0.2, -0.15) is 0 Å². The SMILES string of the molecule is COC(=O)C(COc1ccc(OC)cc1)c1ccccn1. The lowest BCUT2D eigenvalue weighted by Gasteiger charge is -2.15. The summed E-state index contributed by atoms with van der Waals surface area (Å²) in [6, 6.07) is 12.6. The molecule has 2 aromatic rings. The maximum absolute atomic E-state index is 11.9. The standard InChI is InChI=1S/C16H17NO4/c1-19-12-6-8-13(9-7-12)21-11-14(16(18)20-2)15-5-3-4-10-17-15/h3-10,14H,11H2,1-2H3. The van der Waals surface area contributed by atoms with Gasteiger partial charge >= 0.3 is 5.97 Å². The molecule has 0 aliphatic heterocycles. The minimum Gasteiger partial charge on any atom is -0.497 e. The summed E-state index contributed by atoms with van der Waals surface area (Å²) in [5.74, 6) is 0.470. The number of nitrogens with zero attached hydrogens (tertiary/aromatic N) is 1. The third kappa shape index (κ3) is 3.95. The highest BCUT2D eigenvalue weighted by atomic mass is 16.5. The minimum atomic E-state index is -0.557. The summed E-state index contributed by atoms with van der Waals surface area (Å²) in [7, 11) is 2.95. The van der Waals surface area contributed by atoms with Crippen molar-refractivity contribution >= 4 is 5.97 Å². The number of methoxy groups -OCH3 is 2. The Morgan fingerprint density at radius 3 is 2.38 bits per heavy atom. The lowest BCUT2D eigenvalue weighted by molar-refractivity contribution is -0.143. The van der Waals surface area contributed by atoms with Crippen LogP contribution in [-0.4, -0.2) is 31.8 Å². The lowest BCUT2D eigenvalue weighted by Crippen LogP contribution is -2.22. The van der Waals surface area contributed by atoms with E-state index in [0.717, 1.165) is 5.75 Å². The number of esters is 1. The second kappa shape index (κ2) is 7.28. The van der Waals surface area contributed by atoms with Gasteiger partial charge in [0.2, 0.25) is 0 Å². The molecule has 0 radical (unpaired) electrons. The van der Waals surface area contributed by atoms with Crippen LogP contribution in [0.4, 0.5) is 0 Å². The molecule has 0 amide bonds. The summed E-state index contributed by atoms with van der Waals surface area (Å²) >= 11 is 0. The van der Waals surface area contributed by atoms with Gasteiger partial charge in [-0.15, -0.1) is 0 Å². The van der Waals surface area contributed by atoms with Crippen molar-refractivity contribution in [3.63, 3.8) is 0 Å². The van der Waals surface area contributed by atoms with Crippen LogP contribution in [0.25, 0.3) is 0 Å². The van der Waals surface area contributed by atoms with Crippen LogP contribution in [0.15, 0.2) is 48.7 Å². The number of hydrogen-bond donors (Lipinski definition) is 0. The minimum absolute atomic E-state index is 0.163. The number of rotatable bonds is 6. The van der Waals surface area contributed by atoms with Crippen LogP contribution in [0, 0.1) is 0 Å². The second-order valence-electron chi connectivity index (χ2n) is 4.32. The average Bonchev–Trinajstić information content (AvgIpc) is 2.56. The van der Waals surface area contributed by atoms with Gasteiger partial charge in [0.1, 0.15) is 24.0 Å². The maximum Gasteiger partial charge on any atom is 0.318 e. The van der Waals surface area contributed by atoms with Crippen LogP contribution in [0.5, 0.6) is 11.5 Å². The molecule has 0 fully saturated rings. The van der Waals surface area contributed by atoms with Gasteiger partial charge in [0.25, 0.3) is 0 Å². The molecule has 5 heteroatoms. The van der Waals surface area contributed by atoms with Crippen LogP contribution < -0.4 is 9.47 Å². The topological polar surface area (TPSA) is 57.7 Å². The molecule has 0 saturated carbocycles. The molecule has 1 heterocycles. The van der Waals surface area contributed by atoms with E-state index in [1.165, 1.54) is 7.11 Å². The number of pyridine rings is 1. The van der Waals surface area contributed by atoms with Gasteiger partial charge in [-0.25, -0.2) is 0 Å². The molecule has 2 rings (SSSR count). The Bertz CT molecular complexity index is 569. The Kier molecular flexibility index (Phi) is 5.15. The van der Waals surface area contributed by atoms with E-state index in [9.17, 15) is 4.79 Å². The van der Waals surface area contributed by atoms with Crippen LogP contribution in [-0.2, 0) is 9.53 Å². The molecule has 0 spiro atoms. The molecule has 0 bridgehead atoms. The quantitative estimate of drug-likeness (QED) is 0.764. The largest absolute Gasteiger partial charge is 0.497 e. The van der Waals surface area contributed by atoms with E-state index in [2.05, 4.69) is 4.98 Å². The van der Waals surface area contributed by atoms with Crippen molar-refractivity contribution in [2.24, 2.45) is 0 Å². The van der Waals surface area contributed by atoms with E-state index in [4.69, 9.17) is 14.2 Å². The third-order valence-electron chi connectivity index (χ3n) is 3.01. The zero-order valence-corrected chi connectivity index (χ0v) is 12.0. The summed E-state index contributed by atoms with van der Waals surface area (Å²) in [5, 5.41) is 0. The van der Waals surface area contributed by atoms with Crippen molar-refractivity contribution in [1.82, 2.24) is 4.98 Å². The molecule has 5 nitrogen and oxygen atoms in total. The smallest absolute Gasteiger partial charge is 0.318 e. The molecule has 0 saturated heterocycles. The summed E-state index contributed by atoms with van der Waals surface area (Å²) in [4.78, 5) is 16.1. The monoisotopic (exact) mass is 287 g/mol. The second-order valence-corrected chi connectivity index (χ2v) is 4.32. The molecule has 1 atom stereocenters. The first kappa shape index (κ1) is 14.8. The highest BCUT2D eigenvalue weighted by Gasteiger charge is 2.23. The van der Waals surface area contributed by atoms with Gasteiger partial charge in [0.15, 0.2) is 0 Å². The van der Waals surface area contributed by atoms with Gasteiger partial charge < -0.3 is 14.2 Å². The normalized spacial score (nSPS) is 11.5. The third-order valence-corrected chi connectivity index (χ3v) is 3.01. The fourth-order valence-electron chi connectivity index (χ4n) is 1.85. The van der Waals surface area contributed by atoms with E-state index in [0.29, 0.717) is 11.4 Å². The Morgan fingerprint density at radius 1 is 1.10 bits per heavy atom. The van der Waals surface area contributed by atoms with Gasteiger partial charge in [-0.1, -0.05) is 6.07 Å². The van der Waals surface area contributed by atoms with Crippen LogP contribution >= 0.6 is 0 Å². The van der Waals surface area contributed by atoms with E-state index >= 15 is 0 Å². The van der Waals surface area contributed by atoms with Gasteiger partial charge in [0, 0.05) is 6.20 Å². The summed E-state index contributed by atoms with van der Waals surface area (Å²) in [6.07, 6.45) is 1.64. The van der Waals surface area contributed by atoms with Crippen molar-refractivity contribution in [2.45, 2.75) is 5.92 Å². The molecule has 1 aromatic carbocycles. The van der Waals surface area contributed by atoms with E-state index in [-0.39, 0.29) is 12.6 Å². The Hall–Kier alpha value is -2.56. The zero-order valence-electron chi connectivity index (χ0n) is 12.0. The van der Waals surface area contributed by atoms with E-state index in [1.54, 1.807) is 49.7 Å². The van der Waals surface area contributed by atoms with E-state index < -0.39 is 5.92 Å². The van der Waals surface area contributed by atoms with Crippen molar-refractivity contribution in [2.75, 3.05) is 20.8 Å². The molecule has 0 aliphatic rings. The summed E-state index contributed by atoms with van der Waals surface area (Å²) < 4.78 is 15.5. The number of hydrogen-bond acceptors (Lipinski definition) is 5. The summed E-state index contributed by atoms with van der Waals surface area (Å²) in [6.45, 7) is 0.163. The highest BCUT2D eigenvalue weighted by molar-refractivity contribution is 5.77. The van der Waals surface area contributed by atoms with Crippen LogP contribution in [0.1, 0.15) is 11.6 Å². The fourth-order valence-corrected chi connectivity index (χ4v) is 1.85. The molecular formula is C16H17NO4. The Balaban J connectivity index is 2.07. The van der Waals surface area contributed by atoms with Crippen LogP contribution in [0.2, 0.25) is 0 Å². The molecule has 0 aliphatic carbocycles. The van der Waals surface area contributed by atoms with Gasteiger partial charge in [-0.3, -0.25) is 9.78 Å². The van der Waals surface area contributed by atoms with Crippen LogP contribution in [0.3, 0.4) is 0 Å². The zero-order chi connectivity index (χ0) is 15.1. The van der Waals surface area contributed by atoms with Gasteiger partial charge in [-0.05, 0) is 36.4 Å². The number of ether oxygens (including phenoxy) is 3. The van der Waals surface area contributed by atoms with E-state index in [1.807, 2.05) is 6.07 Å². The average molecular weight is 287 g/mol. The summed E-state index contributed by atoms with van der Waals surface area (Å²) in [5.41, 5.74) is 0.623. The number of carbonyl (C=O) groups excluding carboxylic acids is 1. The van der Waals surface area contributed by atoms with Crippen molar-refractivity contribution in [1.29, 1.82) is 0 Å². The lowest BCUT2D eigenvalue weighted by atomic mass is 10.1. The molecule has 1 aromatic heterocycles. The number of aromatic nitrogens is 1. The van der Waals surface area contributed by atoms with Crippen molar-refractivity contribution < 1.29 is 19.0 Å². The predicted molar refractivity (Wildman–Crippen MR) is 77.5 cm³/mol. The molecule has 0 N–H and O–H groups in total. The van der Waals surface area contributed by atoms with Gasteiger partial charge in [0.05, 0.1) is 19.9 Å². The molecular weight excluding hydrogens is 270 g/mol. The molecule has 110 valence electrons. The predicted octanol–water partition coefficient (Wildman–Crippen LogP) is 2.43. The molecule has 1 unspecified atom stereocenters. The number of carbonyl (C=O) groups is 1. The van der Waals surface area contributed by atoms with Crippen molar-refractivity contribution in [3.8, 4) is 11.5 Å². The first-order chi connectivity index (χ1) is 10.2. The first-order valence-electron chi connectivity index (χ1n) is 6.50. The first-order valence-corrected chi connectivity index (χ1v) is 6.50. The molecule has 21 heavy (non-hydrogen) atoms. The highest BCUT2D eigenvalue weighted by Crippen LogP contribution is 2.20. The maximum atomic E-state index is 11.9. The number of benzene rings is 1. The fraction of sp³-hybridized carbons (Fsp3) is 0.250. The van der Waals surface area contributed by atoms with Crippen molar-refractivity contribution in [3.05, 3.63) is 54.4 Å². The Morgan fingerprint density at radius 2 is 1.81 bits per heavy atom.